The van der Waals surface area contributed by atoms with Crippen molar-refractivity contribution in [1.82, 2.24) is 9.80 Å². The number of ether oxygens (including phenoxy) is 1. The van der Waals surface area contributed by atoms with E-state index in [1.165, 1.54) is 5.57 Å². The van der Waals surface area contributed by atoms with Crippen LogP contribution >= 0.6 is 0 Å². The summed E-state index contributed by atoms with van der Waals surface area (Å²) in [6, 6.07) is 9.24. The molecule has 1 saturated heterocycles. The molecule has 122 valence electrons. The average molecular weight is 314 g/mol. The van der Waals surface area contributed by atoms with Crippen LogP contribution in [0.1, 0.15) is 24.9 Å². The number of carbonyl (C=O) groups excluding carboxylic acids is 2. The van der Waals surface area contributed by atoms with Crippen molar-refractivity contribution in [3.63, 3.8) is 0 Å². The molecule has 3 rings (SSSR count). The largest absolute Gasteiger partial charge is 0.356 e. The predicted molar refractivity (Wildman–Crippen MR) is 86.6 cm³/mol. The second-order valence-corrected chi connectivity index (χ2v) is 6.19. The molecule has 23 heavy (non-hydrogen) atoms. The number of benzene rings is 1. The van der Waals surface area contributed by atoms with Crippen molar-refractivity contribution in [3.05, 3.63) is 47.5 Å². The summed E-state index contributed by atoms with van der Waals surface area (Å²) in [5.74, 6) is -0.136. The first-order valence-corrected chi connectivity index (χ1v) is 7.94. The van der Waals surface area contributed by atoms with Gasteiger partial charge >= 0.3 is 0 Å². The average Bonchev–Trinajstić information content (AvgIpc) is 2.57. The standard InChI is InChI=1S/C18H22N2O3/c1-13-7-6-10-20(11-13)18(22)17-16(14-8-4-3-5-9-14)19(2)15(21)12-23-17/h3-5,7-9,16-17H,6,10-12H2,1-2H3. The number of carbonyl (C=O) groups is 2. The topological polar surface area (TPSA) is 49.9 Å². The van der Waals surface area contributed by atoms with Gasteiger partial charge in [0.05, 0.1) is 6.04 Å². The van der Waals surface area contributed by atoms with Crippen LogP contribution in [0.5, 0.6) is 0 Å². The van der Waals surface area contributed by atoms with Crippen LogP contribution in [0.2, 0.25) is 0 Å². The van der Waals surface area contributed by atoms with Crippen molar-refractivity contribution in [1.29, 1.82) is 0 Å². The van der Waals surface area contributed by atoms with Crippen LogP contribution in [-0.4, -0.2) is 54.5 Å². The SMILES string of the molecule is CC1=CCCN(C(=O)C2OCC(=O)N(C)C2c2ccccc2)C1. The van der Waals surface area contributed by atoms with Crippen LogP contribution in [0.25, 0.3) is 0 Å². The van der Waals surface area contributed by atoms with Gasteiger partial charge in [-0.1, -0.05) is 42.0 Å². The monoisotopic (exact) mass is 314 g/mol. The van der Waals surface area contributed by atoms with Gasteiger partial charge in [-0.25, -0.2) is 0 Å². The second-order valence-electron chi connectivity index (χ2n) is 6.19. The highest BCUT2D eigenvalue weighted by atomic mass is 16.5. The molecular formula is C18H22N2O3. The van der Waals surface area contributed by atoms with E-state index in [0.29, 0.717) is 13.1 Å². The van der Waals surface area contributed by atoms with Crippen LogP contribution in [0.4, 0.5) is 0 Å². The number of likely N-dealkylation sites (N-methyl/N-ethyl adjacent to an activating group) is 1. The highest BCUT2D eigenvalue weighted by molar-refractivity contribution is 5.86. The molecule has 2 amide bonds. The fourth-order valence-electron chi connectivity index (χ4n) is 3.25. The fourth-order valence-corrected chi connectivity index (χ4v) is 3.25. The zero-order valence-electron chi connectivity index (χ0n) is 13.6. The number of amides is 2. The lowest BCUT2D eigenvalue weighted by Crippen LogP contribution is -2.54. The molecule has 1 aromatic carbocycles. The minimum Gasteiger partial charge on any atom is -0.356 e. The van der Waals surface area contributed by atoms with E-state index in [1.54, 1.807) is 11.9 Å². The Balaban J connectivity index is 1.87. The Bertz CT molecular complexity index is 626. The maximum absolute atomic E-state index is 13.0. The maximum atomic E-state index is 13.0. The molecule has 2 aliphatic rings. The molecule has 2 heterocycles. The summed E-state index contributed by atoms with van der Waals surface area (Å²) in [4.78, 5) is 28.5. The molecule has 0 bridgehead atoms. The molecule has 1 fully saturated rings. The molecule has 0 N–H and O–H groups in total. The highest BCUT2D eigenvalue weighted by Gasteiger charge is 2.41. The van der Waals surface area contributed by atoms with Gasteiger partial charge < -0.3 is 14.5 Å². The zero-order chi connectivity index (χ0) is 16.4. The summed E-state index contributed by atoms with van der Waals surface area (Å²) in [6.07, 6.45) is 2.39. The molecule has 0 spiro atoms. The molecule has 5 nitrogen and oxygen atoms in total. The normalized spacial score (nSPS) is 25.3. The molecule has 1 aromatic rings. The third-order valence-electron chi connectivity index (χ3n) is 4.51. The molecule has 0 saturated carbocycles. The van der Waals surface area contributed by atoms with Crippen molar-refractivity contribution < 1.29 is 14.3 Å². The van der Waals surface area contributed by atoms with Crippen molar-refractivity contribution in [3.8, 4) is 0 Å². The van der Waals surface area contributed by atoms with Gasteiger partial charge in [0.15, 0.2) is 6.10 Å². The first-order valence-electron chi connectivity index (χ1n) is 7.94. The summed E-state index contributed by atoms with van der Waals surface area (Å²) < 4.78 is 5.68. The van der Waals surface area contributed by atoms with Crippen molar-refractivity contribution >= 4 is 11.8 Å². The van der Waals surface area contributed by atoms with E-state index in [9.17, 15) is 9.59 Å². The van der Waals surface area contributed by atoms with Crippen molar-refractivity contribution in [2.45, 2.75) is 25.5 Å². The Morgan fingerprint density at radius 1 is 1.26 bits per heavy atom. The van der Waals surface area contributed by atoms with E-state index in [1.807, 2.05) is 42.2 Å². The maximum Gasteiger partial charge on any atom is 0.254 e. The lowest BCUT2D eigenvalue weighted by molar-refractivity contribution is -0.167. The van der Waals surface area contributed by atoms with Crippen molar-refractivity contribution in [2.24, 2.45) is 0 Å². The lowest BCUT2D eigenvalue weighted by atomic mass is 9.96. The van der Waals surface area contributed by atoms with E-state index in [-0.39, 0.29) is 24.5 Å². The summed E-state index contributed by atoms with van der Waals surface area (Å²) in [5, 5.41) is 0. The smallest absolute Gasteiger partial charge is 0.254 e. The van der Waals surface area contributed by atoms with E-state index in [0.717, 1.165) is 12.0 Å². The molecular weight excluding hydrogens is 292 g/mol. The molecule has 5 heteroatoms. The van der Waals surface area contributed by atoms with Crippen LogP contribution in [0, 0.1) is 0 Å². The summed E-state index contributed by atoms with van der Waals surface area (Å²) >= 11 is 0. The van der Waals surface area contributed by atoms with Crippen molar-refractivity contribution in [2.75, 3.05) is 26.7 Å². The molecule has 0 aliphatic carbocycles. The molecule has 0 radical (unpaired) electrons. The van der Waals surface area contributed by atoms with Crippen LogP contribution in [-0.2, 0) is 14.3 Å². The van der Waals surface area contributed by atoms with Gasteiger partial charge in [0.2, 0.25) is 5.91 Å². The molecule has 2 atom stereocenters. The molecule has 2 unspecified atom stereocenters. The first-order chi connectivity index (χ1) is 11.1. The van der Waals surface area contributed by atoms with Gasteiger partial charge in [0.1, 0.15) is 6.61 Å². The molecule has 2 aliphatic heterocycles. The third-order valence-corrected chi connectivity index (χ3v) is 4.51. The van der Waals surface area contributed by atoms with Crippen LogP contribution in [0.15, 0.2) is 42.0 Å². The minimum absolute atomic E-state index is 0.0364. The number of hydrogen-bond donors (Lipinski definition) is 0. The Morgan fingerprint density at radius 2 is 2.00 bits per heavy atom. The second kappa shape index (κ2) is 6.54. The lowest BCUT2D eigenvalue weighted by Gasteiger charge is -2.40. The highest BCUT2D eigenvalue weighted by Crippen LogP contribution is 2.30. The van der Waals surface area contributed by atoms with Gasteiger partial charge in [-0.15, -0.1) is 0 Å². The van der Waals surface area contributed by atoms with E-state index in [2.05, 4.69) is 6.08 Å². The Labute approximate surface area is 136 Å². The van der Waals surface area contributed by atoms with Gasteiger partial charge in [-0.3, -0.25) is 9.59 Å². The molecule has 0 aromatic heterocycles. The third kappa shape index (κ3) is 3.15. The van der Waals surface area contributed by atoms with E-state index in [4.69, 9.17) is 4.74 Å². The van der Waals surface area contributed by atoms with Gasteiger partial charge in [0.25, 0.3) is 5.91 Å². The first kappa shape index (κ1) is 15.7. The van der Waals surface area contributed by atoms with Crippen LogP contribution < -0.4 is 0 Å². The number of rotatable bonds is 2. The minimum atomic E-state index is -0.647. The van der Waals surface area contributed by atoms with Gasteiger partial charge in [-0.2, -0.15) is 0 Å². The quantitative estimate of drug-likeness (QED) is 0.782. The fraction of sp³-hybridized carbons (Fsp3) is 0.444. The van der Waals surface area contributed by atoms with E-state index >= 15 is 0 Å². The Hall–Kier alpha value is -2.14. The Kier molecular flexibility index (Phi) is 4.48. The zero-order valence-corrected chi connectivity index (χ0v) is 13.6. The summed E-state index contributed by atoms with van der Waals surface area (Å²) in [7, 11) is 1.74. The van der Waals surface area contributed by atoms with E-state index < -0.39 is 6.10 Å². The number of hydrogen-bond acceptors (Lipinski definition) is 3. The Morgan fingerprint density at radius 3 is 2.70 bits per heavy atom. The van der Waals surface area contributed by atoms with Gasteiger partial charge in [0, 0.05) is 20.1 Å². The number of morpholine rings is 1. The predicted octanol–water partition coefficient (Wildman–Crippen LogP) is 1.76. The summed E-state index contributed by atoms with van der Waals surface area (Å²) in [6.45, 7) is 3.33. The van der Waals surface area contributed by atoms with Gasteiger partial charge in [-0.05, 0) is 18.9 Å². The number of nitrogens with zero attached hydrogens (tertiary/aromatic N) is 2. The van der Waals surface area contributed by atoms with Crippen LogP contribution in [0.3, 0.4) is 0 Å². The summed E-state index contributed by atoms with van der Waals surface area (Å²) in [5.41, 5.74) is 2.12.